The molecule has 0 spiro atoms. The molecule has 1 N–H and O–H groups in total. The SMILES string of the molecule is CC1CCN(C(=O)CSc2ccc(NC(=O)C3CC3)nn2)CC1. The second-order valence-corrected chi connectivity index (χ2v) is 7.37. The van der Waals surface area contributed by atoms with Gasteiger partial charge in [0.2, 0.25) is 11.8 Å². The summed E-state index contributed by atoms with van der Waals surface area (Å²) in [6, 6.07) is 3.54. The Balaban J connectivity index is 1.44. The van der Waals surface area contributed by atoms with Crippen molar-refractivity contribution >= 4 is 29.4 Å². The molecule has 6 nitrogen and oxygen atoms in total. The van der Waals surface area contributed by atoms with Crippen molar-refractivity contribution in [1.29, 1.82) is 0 Å². The number of hydrogen-bond acceptors (Lipinski definition) is 5. The molecule has 124 valence electrons. The van der Waals surface area contributed by atoms with Gasteiger partial charge < -0.3 is 10.2 Å². The third-order valence-corrected chi connectivity index (χ3v) is 5.22. The van der Waals surface area contributed by atoms with E-state index < -0.39 is 0 Å². The summed E-state index contributed by atoms with van der Waals surface area (Å²) in [7, 11) is 0. The lowest BCUT2D eigenvalue weighted by Gasteiger charge is -2.30. The van der Waals surface area contributed by atoms with Gasteiger partial charge in [-0.2, -0.15) is 0 Å². The van der Waals surface area contributed by atoms with Crippen molar-refractivity contribution < 1.29 is 9.59 Å². The van der Waals surface area contributed by atoms with Crippen LogP contribution >= 0.6 is 11.8 Å². The lowest BCUT2D eigenvalue weighted by atomic mass is 9.99. The van der Waals surface area contributed by atoms with Crippen LogP contribution in [-0.4, -0.2) is 45.8 Å². The molecule has 1 saturated heterocycles. The maximum Gasteiger partial charge on any atom is 0.232 e. The molecule has 1 saturated carbocycles. The highest BCUT2D eigenvalue weighted by molar-refractivity contribution is 7.99. The number of aromatic nitrogens is 2. The van der Waals surface area contributed by atoms with Crippen LogP contribution in [0.15, 0.2) is 17.2 Å². The van der Waals surface area contributed by atoms with Gasteiger partial charge >= 0.3 is 0 Å². The van der Waals surface area contributed by atoms with Crippen LogP contribution in [0, 0.1) is 11.8 Å². The van der Waals surface area contributed by atoms with E-state index in [1.165, 1.54) is 11.8 Å². The first kappa shape index (κ1) is 16.2. The Hall–Kier alpha value is -1.63. The zero-order chi connectivity index (χ0) is 16.2. The van der Waals surface area contributed by atoms with Crippen molar-refractivity contribution in [3.8, 4) is 0 Å². The molecule has 1 aromatic heterocycles. The summed E-state index contributed by atoms with van der Waals surface area (Å²) in [5.41, 5.74) is 0. The molecule has 1 aliphatic heterocycles. The first-order valence-electron chi connectivity index (χ1n) is 8.17. The Kier molecular flexibility index (Phi) is 5.15. The van der Waals surface area contributed by atoms with E-state index in [0.29, 0.717) is 16.6 Å². The van der Waals surface area contributed by atoms with Gasteiger partial charge in [0, 0.05) is 19.0 Å². The number of nitrogens with zero attached hydrogens (tertiary/aromatic N) is 3. The van der Waals surface area contributed by atoms with Gasteiger partial charge in [-0.25, -0.2) is 0 Å². The summed E-state index contributed by atoms with van der Waals surface area (Å²) < 4.78 is 0. The minimum atomic E-state index is 0.0224. The lowest BCUT2D eigenvalue weighted by molar-refractivity contribution is -0.129. The predicted octanol–water partition coefficient (Wildman–Crippen LogP) is 2.18. The molecule has 7 heteroatoms. The van der Waals surface area contributed by atoms with E-state index >= 15 is 0 Å². The van der Waals surface area contributed by atoms with E-state index in [2.05, 4.69) is 22.4 Å². The molecule has 2 aliphatic rings. The molecule has 2 fully saturated rings. The summed E-state index contributed by atoms with van der Waals surface area (Å²) in [5, 5.41) is 11.5. The maximum atomic E-state index is 12.2. The van der Waals surface area contributed by atoms with Crippen LogP contribution in [0.4, 0.5) is 5.82 Å². The number of rotatable bonds is 5. The molecule has 23 heavy (non-hydrogen) atoms. The normalized spacial score (nSPS) is 18.7. The molecule has 1 aliphatic carbocycles. The average Bonchev–Trinajstić information content (AvgIpc) is 3.39. The van der Waals surface area contributed by atoms with Crippen LogP contribution in [0.2, 0.25) is 0 Å². The topological polar surface area (TPSA) is 75.2 Å². The van der Waals surface area contributed by atoms with E-state index in [-0.39, 0.29) is 17.7 Å². The summed E-state index contributed by atoms with van der Waals surface area (Å²) >= 11 is 1.39. The number of anilines is 1. The number of nitrogens with one attached hydrogen (secondary N) is 1. The van der Waals surface area contributed by atoms with Crippen molar-refractivity contribution in [3.05, 3.63) is 12.1 Å². The second kappa shape index (κ2) is 7.29. The zero-order valence-corrected chi connectivity index (χ0v) is 14.1. The van der Waals surface area contributed by atoms with Crippen LogP contribution in [0.3, 0.4) is 0 Å². The Morgan fingerprint density at radius 2 is 1.96 bits per heavy atom. The largest absolute Gasteiger partial charge is 0.342 e. The Bertz CT molecular complexity index is 566. The predicted molar refractivity (Wildman–Crippen MR) is 89.1 cm³/mol. The number of likely N-dealkylation sites (tertiary alicyclic amines) is 1. The van der Waals surface area contributed by atoms with E-state index in [4.69, 9.17) is 0 Å². The van der Waals surface area contributed by atoms with Crippen LogP contribution in [-0.2, 0) is 9.59 Å². The first-order chi connectivity index (χ1) is 11.1. The van der Waals surface area contributed by atoms with E-state index in [0.717, 1.165) is 44.7 Å². The number of amides is 2. The van der Waals surface area contributed by atoms with Gasteiger partial charge in [0.05, 0.1) is 5.75 Å². The number of piperidine rings is 1. The number of thioether (sulfide) groups is 1. The van der Waals surface area contributed by atoms with Crippen molar-refractivity contribution in [1.82, 2.24) is 15.1 Å². The van der Waals surface area contributed by atoms with Gasteiger partial charge in [0.15, 0.2) is 5.82 Å². The Labute approximate surface area is 140 Å². The van der Waals surface area contributed by atoms with E-state index in [1.807, 2.05) is 4.90 Å². The minimum absolute atomic E-state index is 0.0224. The van der Waals surface area contributed by atoms with Crippen molar-refractivity contribution in [2.45, 2.75) is 37.6 Å². The molecule has 1 aromatic rings. The van der Waals surface area contributed by atoms with Crippen molar-refractivity contribution in [3.63, 3.8) is 0 Å². The molecule has 0 atom stereocenters. The van der Waals surface area contributed by atoms with Gasteiger partial charge in [0.25, 0.3) is 0 Å². The molecule has 0 radical (unpaired) electrons. The van der Waals surface area contributed by atoms with Gasteiger partial charge in [-0.3, -0.25) is 9.59 Å². The third kappa shape index (κ3) is 4.67. The molecular weight excluding hydrogens is 312 g/mol. The molecular formula is C16H22N4O2S. The zero-order valence-electron chi connectivity index (χ0n) is 13.3. The Morgan fingerprint density at radius 1 is 1.22 bits per heavy atom. The summed E-state index contributed by atoms with van der Waals surface area (Å²) in [5.74, 6) is 1.91. The molecule has 0 aromatic carbocycles. The van der Waals surface area contributed by atoms with Gasteiger partial charge in [-0.1, -0.05) is 18.7 Å². The molecule has 3 rings (SSSR count). The lowest BCUT2D eigenvalue weighted by Crippen LogP contribution is -2.38. The maximum absolute atomic E-state index is 12.2. The van der Waals surface area contributed by atoms with E-state index in [9.17, 15) is 9.59 Å². The molecule has 2 heterocycles. The number of carbonyl (C=O) groups is 2. The minimum Gasteiger partial charge on any atom is -0.342 e. The van der Waals surface area contributed by atoms with Crippen molar-refractivity contribution in [2.24, 2.45) is 11.8 Å². The summed E-state index contributed by atoms with van der Waals surface area (Å²) in [4.78, 5) is 25.7. The van der Waals surface area contributed by atoms with Gasteiger partial charge in [-0.05, 0) is 43.7 Å². The monoisotopic (exact) mass is 334 g/mol. The highest BCUT2D eigenvalue weighted by Crippen LogP contribution is 2.30. The quantitative estimate of drug-likeness (QED) is 0.835. The highest BCUT2D eigenvalue weighted by Gasteiger charge is 2.29. The molecule has 2 amide bonds. The van der Waals surface area contributed by atoms with Crippen molar-refractivity contribution in [2.75, 3.05) is 24.2 Å². The van der Waals surface area contributed by atoms with Crippen LogP contribution in [0.25, 0.3) is 0 Å². The van der Waals surface area contributed by atoms with Gasteiger partial charge in [-0.15, -0.1) is 10.2 Å². The Morgan fingerprint density at radius 3 is 2.57 bits per heavy atom. The first-order valence-corrected chi connectivity index (χ1v) is 9.15. The molecule has 0 unspecified atom stereocenters. The summed E-state index contributed by atoms with van der Waals surface area (Å²) in [6.45, 7) is 3.95. The average molecular weight is 334 g/mol. The standard InChI is InChI=1S/C16H22N4O2S/c1-11-6-8-20(9-7-11)15(21)10-23-14-5-4-13(18-19-14)17-16(22)12-2-3-12/h4-5,11-12H,2-3,6-10H2,1H3,(H,17,18,22). The summed E-state index contributed by atoms with van der Waals surface area (Å²) in [6.07, 6.45) is 4.10. The molecule has 0 bridgehead atoms. The number of hydrogen-bond donors (Lipinski definition) is 1. The van der Waals surface area contributed by atoms with Crippen LogP contribution < -0.4 is 5.32 Å². The third-order valence-electron chi connectivity index (χ3n) is 4.32. The fourth-order valence-electron chi connectivity index (χ4n) is 2.52. The van der Waals surface area contributed by atoms with Crippen LogP contribution in [0.5, 0.6) is 0 Å². The van der Waals surface area contributed by atoms with Crippen LogP contribution in [0.1, 0.15) is 32.6 Å². The second-order valence-electron chi connectivity index (χ2n) is 6.37. The number of carbonyl (C=O) groups excluding carboxylic acids is 2. The fourth-order valence-corrected chi connectivity index (χ4v) is 3.24. The smallest absolute Gasteiger partial charge is 0.232 e. The van der Waals surface area contributed by atoms with Gasteiger partial charge in [0.1, 0.15) is 5.03 Å². The van der Waals surface area contributed by atoms with E-state index in [1.54, 1.807) is 12.1 Å². The fraction of sp³-hybridized carbons (Fsp3) is 0.625. The highest BCUT2D eigenvalue weighted by atomic mass is 32.2.